The van der Waals surface area contributed by atoms with Crippen LogP contribution in [0.15, 0.2) is 53.2 Å². The van der Waals surface area contributed by atoms with Crippen LogP contribution in [0.25, 0.3) is 0 Å². The van der Waals surface area contributed by atoms with Gasteiger partial charge in [-0.05, 0) is 50.3 Å². The second-order valence-corrected chi connectivity index (χ2v) is 5.39. The molecule has 0 aromatic heterocycles. The van der Waals surface area contributed by atoms with Gasteiger partial charge in [0.25, 0.3) is 5.91 Å². The summed E-state index contributed by atoms with van der Waals surface area (Å²) in [4.78, 5) is 12.0. The summed E-state index contributed by atoms with van der Waals surface area (Å²) >= 11 is 0. The Morgan fingerprint density at radius 3 is 2.81 bits per heavy atom. The second-order valence-electron chi connectivity index (χ2n) is 5.39. The summed E-state index contributed by atoms with van der Waals surface area (Å²) in [6, 6.07) is 6.41. The van der Waals surface area contributed by atoms with E-state index in [2.05, 4.69) is 23.2 Å². The topological polar surface area (TPSA) is 61.7 Å². The highest BCUT2D eigenvalue weighted by molar-refractivity contribution is 6.02. The van der Waals surface area contributed by atoms with Crippen LogP contribution in [0.3, 0.4) is 0 Å². The second kappa shape index (κ2) is 6.39. The Labute approximate surface area is 124 Å². The predicted octanol–water partition coefficient (Wildman–Crippen LogP) is 3.41. The van der Waals surface area contributed by atoms with Crippen molar-refractivity contribution in [2.45, 2.75) is 26.7 Å². The van der Waals surface area contributed by atoms with Gasteiger partial charge < -0.3 is 5.11 Å². The third kappa shape index (κ3) is 3.60. The number of carbonyl (C=O) groups is 1. The monoisotopic (exact) mass is 284 g/mol. The molecule has 0 spiro atoms. The predicted molar refractivity (Wildman–Crippen MR) is 84.3 cm³/mol. The number of nitrogens with one attached hydrogen (secondary N) is 1. The standard InChI is InChI=1S/C17H20N2O2/c1-11(2)13-9-8-12(3)15(10-13)18-19-17(21)14-6-4-5-7-16(14)20/h4-8,13,20H,1,9-10H2,2-3H3,(H,19,21)/b18-15+/t13-/m0/s1. The molecule has 21 heavy (non-hydrogen) atoms. The quantitative estimate of drug-likeness (QED) is 0.660. The number of hydrogen-bond donors (Lipinski definition) is 2. The minimum atomic E-state index is -0.411. The van der Waals surface area contributed by atoms with Crippen LogP contribution in [0, 0.1) is 5.92 Å². The molecule has 0 radical (unpaired) electrons. The zero-order valence-corrected chi connectivity index (χ0v) is 12.4. The van der Waals surface area contributed by atoms with Crippen LogP contribution in [-0.4, -0.2) is 16.7 Å². The molecule has 0 unspecified atom stereocenters. The molecule has 4 heteroatoms. The zero-order valence-electron chi connectivity index (χ0n) is 12.4. The lowest BCUT2D eigenvalue weighted by Gasteiger charge is -2.22. The first-order valence-corrected chi connectivity index (χ1v) is 6.96. The maximum absolute atomic E-state index is 12.0. The first-order chi connectivity index (χ1) is 9.99. The van der Waals surface area contributed by atoms with Gasteiger partial charge >= 0.3 is 0 Å². The number of phenolic OH excluding ortho intramolecular Hbond substituents is 1. The highest BCUT2D eigenvalue weighted by Crippen LogP contribution is 2.26. The fourth-order valence-electron chi connectivity index (χ4n) is 2.27. The number of allylic oxidation sites excluding steroid dienone is 3. The van der Waals surface area contributed by atoms with Gasteiger partial charge in [-0.1, -0.05) is 30.4 Å². The molecule has 1 aromatic carbocycles. The molecule has 0 fully saturated rings. The molecule has 110 valence electrons. The number of aromatic hydroxyl groups is 1. The van der Waals surface area contributed by atoms with E-state index in [-0.39, 0.29) is 11.3 Å². The van der Waals surface area contributed by atoms with Gasteiger partial charge in [-0.3, -0.25) is 4.79 Å². The van der Waals surface area contributed by atoms with E-state index in [1.165, 1.54) is 6.07 Å². The molecule has 1 amide bonds. The van der Waals surface area contributed by atoms with Gasteiger partial charge in [-0.25, -0.2) is 5.43 Å². The molecule has 0 saturated heterocycles. The molecule has 0 bridgehead atoms. The lowest BCUT2D eigenvalue weighted by Crippen LogP contribution is -2.23. The van der Waals surface area contributed by atoms with Gasteiger partial charge in [0.2, 0.25) is 0 Å². The summed E-state index contributed by atoms with van der Waals surface area (Å²) in [5.74, 6) is -0.0914. The van der Waals surface area contributed by atoms with E-state index >= 15 is 0 Å². The van der Waals surface area contributed by atoms with Crippen molar-refractivity contribution in [3.05, 3.63) is 53.6 Å². The van der Waals surface area contributed by atoms with Crippen LogP contribution >= 0.6 is 0 Å². The Morgan fingerprint density at radius 2 is 2.14 bits per heavy atom. The van der Waals surface area contributed by atoms with E-state index in [1.54, 1.807) is 18.2 Å². The van der Waals surface area contributed by atoms with Gasteiger partial charge in [0.15, 0.2) is 0 Å². The van der Waals surface area contributed by atoms with Crippen molar-refractivity contribution in [2.24, 2.45) is 11.0 Å². The van der Waals surface area contributed by atoms with E-state index in [4.69, 9.17) is 0 Å². The number of rotatable bonds is 3. The molecule has 1 aliphatic carbocycles. The van der Waals surface area contributed by atoms with E-state index in [9.17, 15) is 9.90 Å². The molecule has 1 atom stereocenters. The number of nitrogens with zero attached hydrogens (tertiary/aromatic N) is 1. The van der Waals surface area contributed by atoms with Gasteiger partial charge in [-0.15, -0.1) is 0 Å². The molecule has 4 nitrogen and oxygen atoms in total. The molecular formula is C17H20N2O2. The Bertz CT molecular complexity index is 629. The number of carbonyl (C=O) groups excluding carboxylic acids is 1. The number of hydrazone groups is 1. The summed E-state index contributed by atoms with van der Waals surface area (Å²) in [5, 5.41) is 13.9. The molecule has 0 saturated carbocycles. The Morgan fingerprint density at radius 1 is 1.43 bits per heavy atom. The van der Waals surface area contributed by atoms with Gasteiger partial charge in [-0.2, -0.15) is 5.10 Å². The minimum Gasteiger partial charge on any atom is -0.507 e. The molecular weight excluding hydrogens is 264 g/mol. The number of hydrogen-bond acceptors (Lipinski definition) is 3. The normalized spacial score (nSPS) is 20.0. The van der Waals surface area contributed by atoms with Crippen molar-refractivity contribution in [3.63, 3.8) is 0 Å². The summed E-state index contributed by atoms with van der Waals surface area (Å²) in [5.41, 5.74) is 5.79. The average Bonchev–Trinajstić information content (AvgIpc) is 2.46. The maximum Gasteiger partial charge on any atom is 0.275 e. The van der Waals surface area contributed by atoms with E-state index in [0.717, 1.165) is 29.7 Å². The van der Waals surface area contributed by atoms with Crippen LogP contribution in [-0.2, 0) is 0 Å². The Balaban J connectivity index is 2.12. The number of phenols is 1. The highest BCUT2D eigenvalue weighted by Gasteiger charge is 2.19. The van der Waals surface area contributed by atoms with Crippen LogP contribution in [0.1, 0.15) is 37.0 Å². The minimum absolute atomic E-state index is 0.0501. The number of benzene rings is 1. The smallest absolute Gasteiger partial charge is 0.275 e. The van der Waals surface area contributed by atoms with Gasteiger partial charge in [0.05, 0.1) is 11.3 Å². The summed E-state index contributed by atoms with van der Waals surface area (Å²) < 4.78 is 0. The van der Waals surface area contributed by atoms with E-state index in [0.29, 0.717) is 5.92 Å². The first kappa shape index (κ1) is 15.0. The SMILES string of the molecule is C=C(C)[C@H]1CC=C(C)/C(=N/NC(=O)c2ccccc2O)C1. The van der Waals surface area contributed by atoms with Crippen LogP contribution in [0.4, 0.5) is 0 Å². The maximum atomic E-state index is 12.0. The summed E-state index contributed by atoms with van der Waals surface area (Å²) in [6.45, 7) is 7.99. The number of amides is 1. The van der Waals surface area contributed by atoms with Crippen LogP contribution in [0.2, 0.25) is 0 Å². The van der Waals surface area contributed by atoms with Crippen molar-refractivity contribution in [1.82, 2.24) is 5.43 Å². The molecule has 0 aliphatic heterocycles. The third-order valence-corrected chi connectivity index (χ3v) is 3.74. The molecule has 2 N–H and O–H groups in total. The van der Waals surface area contributed by atoms with Crippen LogP contribution < -0.4 is 5.43 Å². The molecule has 0 heterocycles. The fourth-order valence-corrected chi connectivity index (χ4v) is 2.27. The fraction of sp³-hybridized carbons (Fsp3) is 0.294. The van der Waals surface area contributed by atoms with Gasteiger partial charge in [0, 0.05) is 0 Å². The van der Waals surface area contributed by atoms with Gasteiger partial charge in [0.1, 0.15) is 5.75 Å². The molecule has 2 rings (SSSR count). The molecule has 1 aromatic rings. The largest absolute Gasteiger partial charge is 0.507 e. The van der Waals surface area contributed by atoms with Crippen molar-refractivity contribution in [2.75, 3.05) is 0 Å². The highest BCUT2D eigenvalue weighted by atomic mass is 16.3. The first-order valence-electron chi connectivity index (χ1n) is 6.96. The Kier molecular flexibility index (Phi) is 4.58. The lowest BCUT2D eigenvalue weighted by atomic mass is 9.85. The zero-order chi connectivity index (χ0) is 15.4. The molecule has 1 aliphatic rings. The lowest BCUT2D eigenvalue weighted by molar-refractivity contribution is 0.0952. The number of para-hydroxylation sites is 1. The summed E-state index contributed by atoms with van der Waals surface area (Å²) in [6.07, 6.45) is 3.86. The van der Waals surface area contributed by atoms with Crippen molar-refractivity contribution < 1.29 is 9.90 Å². The van der Waals surface area contributed by atoms with Crippen molar-refractivity contribution in [1.29, 1.82) is 0 Å². The third-order valence-electron chi connectivity index (χ3n) is 3.74. The van der Waals surface area contributed by atoms with Crippen molar-refractivity contribution >= 4 is 11.6 Å². The van der Waals surface area contributed by atoms with Crippen molar-refractivity contribution in [3.8, 4) is 5.75 Å². The van der Waals surface area contributed by atoms with Crippen LogP contribution in [0.5, 0.6) is 5.75 Å². The van der Waals surface area contributed by atoms with E-state index < -0.39 is 5.91 Å². The Hall–Kier alpha value is -2.36. The summed E-state index contributed by atoms with van der Waals surface area (Å²) in [7, 11) is 0. The average molecular weight is 284 g/mol. The van der Waals surface area contributed by atoms with E-state index in [1.807, 2.05) is 13.8 Å².